The van der Waals surface area contributed by atoms with Gasteiger partial charge in [-0.1, -0.05) is 57.1 Å². The SMILES string of the molecule is COc1cc(C(C)(C)C)c(OC)c([Si](C)(C)C2=C(C)C(C)=C(C)C2C)c1. The van der Waals surface area contributed by atoms with Crippen LogP contribution in [0.5, 0.6) is 11.5 Å². The Balaban J connectivity index is 2.79. The highest BCUT2D eigenvalue weighted by molar-refractivity contribution is 6.96. The molecule has 144 valence electrons. The van der Waals surface area contributed by atoms with Gasteiger partial charge in [0, 0.05) is 5.56 Å². The maximum atomic E-state index is 6.02. The third-order valence-electron chi connectivity index (χ3n) is 6.30. The molecule has 1 aliphatic rings. The zero-order chi connectivity index (χ0) is 20.0. The number of allylic oxidation sites excluding steroid dienone is 4. The molecule has 0 radical (unpaired) electrons. The molecule has 2 rings (SSSR count). The number of ether oxygens (including phenoxy) is 2. The third-order valence-corrected chi connectivity index (χ3v) is 10.2. The number of hydrogen-bond donors (Lipinski definition) is 0. The smallest absolute Gasteiger partial charge is 0.122 e. The average Bonchev–Trinajstić information content (AvgIpc) is 2.76. The van der Waals surface area contributed by atoms with Crippen LogP contribution in [0.3, 0.4) is 0 Å². The summed E-state index contributed by atoms with van der Waals surface area (Å²) in [7, 11) is 1.61. The van der Waals surface area contributed by atoms with E-state index >= 15 is 0 Å². The van der Waals surface area contributed by atoms with Gasteiger partial charge in [-0.2, -0.15) is 0 Å². The Morgan fingerprint density at radius 2 is 1.50 bits per heavy atom. The maximum absolute atomic E-state index is 6.02. The summed E-state index contributed by atoms with van der Waals surface area (Å²) in [6.45, 7) is 20.8. The standard InChI is InChI=1S/C23H36O2Si/c1-14-15(2)17(4)22(16(14)3)26(10,11)20-13-18(24-8)12-19(21(20)25-9)23(5,6)7/h12-13,16H,1-11H3. The molecule has 1 aromatic carbocycles. The fourth-order valence-electron chi connectivity index (χ4n) is 4.48. The maximum Gasteiger partial charge on any atom is 0.122 e. The predicted molar refractivity (Wildman–Crippen MR) is 116 cm³/mol. The molecule has 0 fully saturated rings. The van der Waals surface area contributed by atoms with Crippen molar-refractivity contribution in [1.29, 1.82) is 0 Å². The average molecular weight is 373 g/mol. The lowest BCUT2D eigenvalue weighted by atomic mass is 9.86. The summed E-state index contributed by atoms with van der Waals surface area (Å²) in [5, 5.41) is 2.96. The summed E-state index contributed by atoms with van der Waals surface area (Å²) in [6, 6.07) is 4.36. The van der Waals surface area contributed by atoms with Gasteiger partial charge >= 0.3 is 0 Å². The molecule has 0 heterocycles. The van der Waals surface area contributed by atoms with Gasteiger partial charge in [-0.3, -0.25) is 0 Å². The van der Waals surface area contributed by atoms with Crippen molar-refractivity contribution in [2.24, 2.45) is 5.92 Å². The van der Waals surface area contributed by atoms with Gasteiger partial charge in [-0.25, -0.2) is 0 Å². The molecule has 1 aromatic rings. The molecule has 3 heteroatoms. The number of methoxy groups -OCH3 is 2. The minimum atomic E-state index is -1.95. The van der Waals surface area contributed by atoms with Gasteiger partial charge in [-0.05, 0) is 55.0 Å². The fourth-order valence-corrected chi connectivity index (χ4v) is 8.50. The highest BCUT2D eigenvalue weighted by Gasteiger charge is 2.40. The van der Waals surface area contributed by atoms with E-state index in [1.54, 1.807) is 19.4 Å². The molecule has 0 N–H and O–H groups in total. The van der Waals surface area contributed by atoms with E-state index in [0.717, 1.165) is 11.5 Å². The van der Waals surface area contributed by atoms with Crippen LogP contribution < -0.4 is 14.7 Å². The molecule has 1 atom stereocenters. The van der Waals surface area contributed by atoms with E-state index in [0.29, 0.717) is 5.92 Å². The lowest BCUT2D eigenvalue weighted by molar-refractivity contribution is 0.391. The van der Waals surface area contributed by atoms with E-state index in [-0.39, 0.29) is 5.41 Å². The van der Waals surface area contributed by atoms with E-state index in [4.69, 9.17) is 9.47 Å². The second kappa shape index (κ2) is 6.92. The number of rotatable bonds is 4. The Labute approximate surface area is 161 Å². The van der Waals surface area contributed by atoms with Crippen molar-refractivity contribution in [3.8, 4) is 11.5 Å². The Hall–Kier alpha value is -1.48. The van der Waals surface area contributed by atoms with E-state index in [9.17, 15) is 0 Å². The van der Waals surface area contributed by atoms with Crippen LogP contribution in [0.25, 0.3) is 0 Å². The van der Waals surface area contributed by atoms with Gasteiger partial charge < -0.3 is 9.47 Å². The summed E-state index contributed by atoms with van der Waals surface area (Å²) >= 11 is 0. The first kappa shape index (κ1) is 20.8. The van der Waals surface area contributed by atoms with Crippen molar-refractivity contribution in [1.82, 2.24) is 0 Å². The zero-order valence-electron chi connectivity index (χ0n) is 18.5. The van der Waals surface area contributed by atoms with Gasteiger partial charge in [0.25, 0.3) is 0 Å². The van der Waals surface area contributed by atoms with Gasteiger partial charge in [0.15, 0.2) is 0 Å². The van der Waals surface area contributed by atoms with Gasteiger partial charge in [0.2, 0.25) is 0 Å². The Morgan fingerprint density at radius 3 is 1.88 bits per heavy atom. The van der Waals surface area contributed by atoms with Crippen LogP contribution in [-0.4, -0.2) is 22.3 Å². The van der Waals surface area contributed by atoms with Crippen molar-refractivity contribution < 1.29 is 9.47 Å². The summed E-state index contributed by atoms with van der Waals surface area (Å²) in [5.74, 6) is 2.48. The molecule has 0 spiro atoms. The monoisotopic (exact) mass is 372 g/mol. The molecule has 26 heavy (non-hydrogen) atoms. The van der Waals surface area contributed by atoms with Crippen LogP contribution >= 0.6 is 0 Å². The summed E-state index contributed by atoms with van der Waals surface area (Å²) in [4.78, 5) is 0. The predicted octanol–water partition coefficient (Wildman–Crippen LogP) is 5.76. The summed E-state index contributed by atoms with van der Waals surface area (Å²) < 4.78 is 11.7. The van der Waals surface area contributed by atoms with Crippen LogP contribution in [0.1, 0.15) is 54.0 Å². The van der Waals surface area contributed by atoms with E-state index < -0.39 is 8.07 Å². The molecular weight excluding hydrogens is 336 g/mol. The highest BCUT2D eigenvalue weighted by atomic mass is 28.3. The fraction of sp³-hybridized carbons (Fsp3) is 0.565. The molecule has 2 nitrogen and oxygen atoms in total. The van der Waals surface area contributed by atoms with Crippen molar-refractivity contribution in [2.45, 2.75) is 67.0 Å². The summed E-state index contributed by atoms with van der Waals surface area (Å²) in [6.07, 6.45) is 0. The van der Waals surface area contributed by atoms with Crippen molar-refractivity contribution in [2.75, 3.05) is 14.2 Å². The third kappa shape index (κ3) is 3.26. The van der Waals surface area contributed by atoms with Crippen LogP contribution in [-0.2, 0) is 5.41 Å². The first-order chi connectivity index (χ1) is 11.9. The molecule has 1 unspecified atom stereocenters. The minimum absolute atomic E-state index is 0.00604. The first-order valence-electron chi connectivity index (χ1n) is 9.53. The highest BCUT2D eigenvalue weighted by Crippen LogP contribution is 2.43. The van der Waals surface area contributed by atoms with Gasteiger partial charge in [-0.15, -0.1) is 0 Å². The largest absolute Gasteiger partial charge is 0.497 e. The van der Waals surface area contributed by atoms with Crippen molar-refractivity contribution >= 4 is 13.3 Å². The second-order valence-electron chi connectivity index (χ2n) is 9.20. The second-order valence-corrected chi connectivity index (χ2v) is 13.5. The topological polar surface area (TPSA) is 18.5 Å². The van der Waals surface area contributed by atoms with Crippen LogP contribution in [0.15, 0.2) is 34.0 Å². The Kier molecular flexibility index (Phi) is 5.54. The summed E-state index contributed by atoms with van der Waals surface area (Å²) in [5.41, 5.74) is 5.67. The minimum Gasteiger partial charge on any atom is -0.497 e. The molecule has 0 saturated heterocycles. The molecule has 1 aliphatic carbocycles. The van der Waals surface area contributed by atoms with Crippen LogP contribution in [0, 0.1) is 5.92 Å². The lowest BCUT2D eigenvalue weighted by Crippen LogP contribution is -2.47. The molecular formula is C23H36O2Si. The molecule has 0 saturated carbocycles. The molecule has 0 bridgehead atoms. The van der Waals surface area contributed by atoms with Crippen molar-refractivity contribution in [3.05, 3.63) is 39.6 Å². The van der Waals surface area contributed by atoms with E-state index in [1.165, 1.54) is 27.5 Å². The number of hydrogen-bond acceptors (Lipinski definition) is 2. The quantitative estimate of drug-likeness (QED) is 0.626. The van der Waals surface area contributed by atoms with Crippen LogP contribution in [0.4, 0.5) is 0 Å². The molecule has 0 amide bonds. The number of benzene rings is 1. The first-order valence-corrected chi connectivity index (χ1v) is 12.5. The molecule has 0 aliphatic heterocycles. The normalized spacial score (nSPS) is 18.7. The van der Waals surface area contributed by atoms with E-state index in [2.05, 4.69) is 73.7 Å². The van der Waals surface area contributed by atoms with Gasteiger partial charge in [0.05, 0.1) is 14.2 Å². The zero-order valence-corrected chi connectivity index (χ0v) is 19.5. The Morgan fingerprint density at radius 1 is 0.923 bits per heavy atom. The van der Waals surface area contributed by atoms with Gasteiger partial charge in [0.1, 0.15) is 19.6 Å². The van der Waals surface area contributed by atoms with Crippen molar-refractivity contribution in [3.63, 3.8) is 0 Å². The van der Waals surface area contributed by atoms with E-state index in [1.807, 2.05) is 0 Å². The Bertz CT molecular complexity index is 776. The molecule has 0 aromatic heterocycles. The van der Waals surface area contributed by atoms with Crippen LogP contribution in [0.2, 0.25) is 13.1 Å². The lowest BCUT2D eigenvalue weighted by Gasteiger charge is -2.34.